The summed E-state index contributed by atoms with van der Waals surface area (Å²) in [6, 6.07) is 0.361. The van der Waals surface area contributed by atoms with E-state index in [1.807, 2.05) is 0 Å². The van der Waals surface area contributed by atoms with Gasteiger partial charge in [0.15, 0.2) is 0 Å². The molecule has 2 N–H and O–H groups in total. The van der Waals surface area contributed by atoms with E-state index in [0.29, 0.717) is 12.6 Å². The summed E-state index contributed by atoms with van der Waals surface area (Å²) >= 11 is 0. The fourth-order valence-electron chi connectivity index (χ4n) is 2.55. The van der Waals surface area contributed by atoms with Crippen LogP contribution in [-0.4, -0.2) is 24.3 Å². The van der Waals surface area contributed by atoms with E-state index in [1.165, 1.54) is 19.3 Å². The number of nitrogens with one attached hydrogen (secondary N) is 1. The minimum Gasteiger partial charge on any atom is -0.395 e. The summed E-state index contributed by atoms with van der Waals surface area (Å²) in [5.41, 5.74) is 0. The molecule has 1 heterocycles. The predicted octanol–water partition coefficient (Wildman–Crippen LogP) is 1.31. The first kappa shape index (κ1) is 9.22. The quantitative estimate of drug-likeness (QED) is 0.630. The first-order chi connectivity index (χ1) is 6.40. The van der Waals surface area contributed by atoms with Crippen molar-refractivity contribution in [3.05, 3.63) is 12.2 Å². The van der Waals surface area contributed by atoms with E-state index in [0.717, 1.165) is 24.8 Å². The summed E-state index contributed by atoms with van der Waals surface area (Å²) < 4.78 is 0. The van der Waals surface area contributed by atoms with Gasteiger partial charge in [-0.3, -0.25) is 0 Å². The van der Waals surface area contributed by atoms with Crippen LogP contribution < -0.4 is 5.32 Å². The molecule has 1 unspecified atom stereocenters. The molecule has 0 aromatic carbocycles. The van der Waals surface area contributed by atoms with Gasteiger partial charge in [0.25, 0.3) is 0 Å². The SMILES string of the molecule is OC[C@@H]1C[C@@H](C2C=CCCC2)CN1. The van der Waals surface area contributed by atoms with Gasteiger partial charge in [-0.15, -0.1) is 0 Å². The standard InChI is InChI=1S/C11H19NO/c13-8-11-6-10(7-12-11)9-4-2-1-3-5-9/h2,4,9-13H,1,3,5-8H2/t9?,10-,11+/m1/s1. The zero-order chi connectivity index (χ0) is 9.10. The Morgan fingerprint density at radius 3 is 3.00 bits per heavy atom. The fraction of sp³-hybridized carbons (Fsp3) is 0.818. The zero-order valence-electron chi connectivity index (χ0n) is 8.08. The number of rotatable bonds is 2. The van der Waals surface area contributed by atoms with Crippen molar-refractivity contribution in [2.24, 2.45) is 11.8 Å². The van der Waals surface area contributed by atoms with E-state index in [-0.39, 0.29) is 0 Å². The topological polar surface area (TPSA) is 32.3 Å². The first-order valence-electron chi connectivity index (χ1n) is 5.41. The lowest BCUT2D eigenvalue weighted by molar-refractivity contribution is 0.249. The monoisotopic (exact) mass is 181 g/mol. The van der Waals surface area contributed by atoms with Gasteiger partial charge in [-0.2, -0.15) is 0 Å². The van der Waals surface area contributed by atoms with Crippen LogP contribution in [0.5, 0.6) is 0 Å². The van der Waals surface area contributed by atoms with Crippen LogP contribution in [0.1, 0.15) is 25.7 Å². The molecule has 1 saturated heterocycles. The van der Waals surface area contributed by atoms with Crippen LogP contribution in [0.3, 0.4) is 0 Å². The molecular formula is C11H19NO. The minimum absolute atomic E-state index is 0.299. The van der Waals surface area contributed by atoms with Crippen LogP contribution in [0.4, 0.5) is 0 Å². The van der Waals surface area contributed by atoms with Crippen molar-refractivity contribution < 1.29 is 5.11 Å². The lowest BCUT2D eigenvalue weighted by Crippen LogP contribution is -2.24. The Morgan fingerprint density at radius 2 is 2.38 bits per heavy atom. The Hall–Kier alpha value is -0.340. The van der Waals surface area contributed by atoms with E-state index in [9.17, 15) is 0 Å². The van der Waals surface area contributed by atoms with E-state index in [2.05, 4.69) is 17.5 Å². The van der Waals surface area contributed by atoms with Gasteiger partial charge in [0.05, 0.1) is 6.61 Å². The Kier molecular flexibility index (Phi) is 3.01. The molecule has 2 nitrogen and oxygen atoms in total. The van der Waals surface area contributed by atoms with Crippen LogP contribution in [0.15, 0.2) is 12.2 Å². The van der Waals surface area contributed by atoms with Gasteiger partial charge in [-0.1, -0.05) is 12.2 Å². The maximum Gasteiger partial charge on any atom is 0.0584 e. The molecule has 2 rings (SSSR count). The Bertz CT molecular complexity index is 191. The highest BCUT2D eigenvalue weighted by Gasteiger charge is 2.28. The molecule has 0 bridgehead atoms. The third kappa shape index (κ3) is 2.12. The van der Waals surface area contributed by atoms with Gasteiger partial charge in [-0.05, 0) is 44.1 Å². The van der Waals surface area contributed by atoms with Crippen molar-refractivity contribution in [3.63, 3.8) is 0 Å². The second-order valence-corrected chi connectivity index (χ2v) is 4.31. The molecule has 0 aromatic rings. The Balaban J connectivity index is 1.87. The molecule has 0 amide bonds. The van der Waals surface area contributed by atoms with E-state index in [1.54, 1.807) is 0 Å². The number of hydrogen-bond acceptors (Lipinski definition) is 2. The Labute approximate surface area is 80.0 Å². The van der Waals surface area contributed by atoms with Crippen LogP contribution in [0.25, 0.3) is 0 Å². The number of aliphatic hydroxyl groups is 1. The molecule has 74 valence electrons. The van der Waals surface area contributed by atoms with Crippen molar-refractivity contribution in [1.82, 2.24) is 5.32 Å². The largest absolute Gasteiger partial charge is 0.395 e. The van der Waals surface area contributed by atoms with Crippen LogP contribution in [0, 0.1) is 11.8 Å². The highest BCUT2D eigenvalue weighted by atomic mass is 16.3. The molecule has 0 radical (unpaired) electrons. The summed E-state index contributed by atoms with van der Waals surface area (Å²) in [5, 5.41) is 12.4. The van der Waals surface area contributed by atoms with Crippen molar-refractivity contribution in [1.29, 1.82) is 0 Å². The van der Waals surface area contributed by atoms with E-state index in [4.69, 9.17) is 5.11 Å². The normalized spacial score (nSPS) is 39.6. The molecule has 2 heteroatoms. The molecule has 1 aliphatic heterocycles. The molecule has 0 aromatic heterocycles. The third-order valence-corrected chi connectivity index (χ3v) is 3.37. The smallest absolute Gasteiger partial charge is 0.0584 e. The highest BCUT2D eigenvalue weighted by molar-refractivity contribution is 4.99. The molecular weight excluding hydrogens is 162 g/mol. The summed E-state index contributed by atoms with van der Waals surface area (Å²) in [6.45, 7) is 1.40. The third-order valence-electron chi connectivity index (χ3n) is 3.37. The van der Waals surface area contributed by atoms with Gasteiger partial charge in [0.2, 0.25) is 0 Å². The number of hydrogen-bond donors (Lipinski definition) is 2. The van der Waals surface area contributed by atoms with E-state index >= 15 is 0 Å². The van der Waals surface area contributed by atoms with Gasteiger partial charge < -0.3 is 10.4 Å². The van der Waals surface area contributed by atoms with Crippen LogP contribution in [-0.2, 0) is 0 Å². The predicted molar refractivity (Wildman–Crippen MR) is 53.5 cm³/mol. The number of allylic oxidation sites excluding steroid dienone is 2. The fourth-order valence-corrected chi connectivity index (χ4v) is 2.55. The zero-order valence-corrected chi connectivity index (χ0v) is 8.08. The lowest BCUT2D eigenvalue weighted by Gasteiger charge is -2.22. The first-order valence-corrected chi connectivity index (χ1v) is 5.41. The van der Waals surface area contributed by atoms with Crippen LogP contribution in [0.2, 0.25) is 0 Å². The van der Waals surface area contributed by atoms with Gasteiger partial charge in [-0.25, -0.2) is 0 Å². The minimum atomic E-state index is 0.299. The van der Waals surface area contributed by atoms with Crippen molar-refractivity contribution in [2.75, 3.05) is 13.2 Å². The lowest BCUT2D eigenvalue weighted by atomic mass is 9.83. The Morgan fingerprint density at radius 1 is 1.46 bits per heavy atom. The molecule has 1 aliphatic carbocycles. The van der Waals surface area contributed by atoms with Crippen LogP contribution >= 0.6 is 0 Å². The van der Waals surface area contributed by atoms with Gasteiger partial charge in [0.1, 0.15) is 0 Å². The van der Waals surface area contributed by atoms with Gasteiger partial charge >= 0.3 is 0 Å². The second-order valence-electron chi connectivity index (χ2n) is 4.31. The molecule has 3 atom stereocenters. The van der Waals surface area contributed by atoms with Crippen molar-refractivity contribution in [3.8, 4) is 0 Å². The van der Waals surface area contributed by atoms with Crippen molar-refractivity contribution >= 4 is 0 Å². The number of aliphatic hydroxyl groups excluding tert-OH is 1. The maximum absolute atomic E-state index is 9.00. The summed E-state index contributed by atoms with van der Waals surface area (Å²) in [5.74, 6) is 1.55. The average Bonchev–Trinajstić information content (AvgIpc) is 2.67. The summed E-state index contributed by atoms with van der Waals surface area (Å²) in [7, 11) is 0. The molecule has 2 aliphatic rings. The molecule has 13 heavy (non-hydrogen) atoms. The van der Waals surface area contributed by atoms with Crippen molar-refractivity contribution in [2.45, 2.75) is 31.7 Å². The maximum atomic E-state index is 9.00. The summed E-state index contributed by atoms with van der Waals surface area (Å²) in [4.78, 5) is 0. The highest BCUT2D eigenvalue weighted by Crippen LogP contribution is 2.30. The van der Waals surface area contributed by atoms with E-state index < -0.39 is 0 Å². The molecule has 1 fully saturated rings. The van der Waals surface area contributed by atoms with Gasteiger partial charge in [0, 0.05) is 6.04 Å². The molecule has 0 spiro atoms. The second kappa shape index (κ2) is 4.25. The average molecular weight is 181 g/mol. The summed E-state index contributed by atoms with van der Waals surface area (Å²) in [6.07, 6.45) is 9.82. The molecule has 0 saturated carbocycles.